The van der Waals surface area contributed by atoms with Gasteiger partial charge in [0, 0.05) is 5.02 Å². The van der Waals surface area contributed by atoms with E-state index in [4.69, 9.17) is 11.6 Å². The zero-order chi connectivity index (χ0) is 10.8. The molecule has 1 unspecified atom stereocenters. The Bertz CT molecular complexity index is 517. The van der Waals surface area contributed by atoms with E-state index in [1.54, 1.807) is 6.07 Å². The van der Waals surface area contributed by atoms with Gasteiger partial charge in [-0.25, -0.2) is 9.48 Å². The number of aromatic nitrogens is 3. The van der Waals surface area contributed by atoms with Crippen molar-refractivity contribution in [3.63, 3.8) is 0 Å². The summed E-state index contributed by atoms with van der Waals surface area (Å²) < 4.78 is 1.36. The number of nitrogens with zero attached hydrogens (tertiary/aromatic N) is 2. The lowest BCUT2D eigenvalue weighted by atomic mass is 10.1. The van der Waals surface area contributed by atoms with Crippen LogP contribution in [0.4, 0.5) is 0 Å². The SMILES string of the molecule is CC(c1ccccc1Cl)n1nc[nH]c1=O. The Morgan fingerprint density at radius 1 is 1.47 bits per heavy atom. The van der Waals surface area contributed by atoms with Crippen LogP contribution in [0.15, 0.2) is 35.4 Å². The number of aromatic amines is 1. The number of benzene rings is 1. The summed E-state index contributed by atoms with van der Waals surface area (Å²) in [7, 11) is 0. The van der Waals surface area contributed by atoms with E-state index in [-0.39, 0.29) is 11.7 Å². The Hall–Kier alpha value is -1.55. The molecular formula is C10H10ClN3O. The summed E-state index contributed by atoms with van der Waals surface area (Å²) in [5.41, 5.74) is 0.649. The van der Waals surface area contributed by atoms with E-state index >= 15 is 0 Å². The lowest BCUT2D eigenvalue weighted by molar-refractivity contribution is 0.544. The molecule has 0 radical (unpaired) electrons. The fourth-order valence-electron chi connectivity index (χ4n) is 1.49. The Kier molecular flexibility index (Phi) is 2.60. The second-order valence-electron chi connectivity index (χ2n) is 3.24. The lowest BCUT2D eigenvalue weighted by Crippen LogP contribution is -2.22. The minimum absolute atomic E-state index is 0.169. The largest absolute Gasteiger partial charge is 0.343 e. The van der Waals surface area contributed by atoms with E-state index < -0.39 is 0 Å². The Morgan fingerprint density at radius 3 is 2.80 bits per heavy atom. The molecule has 0 saturated carbocycles. The van der Waals surface area contributed by atoms with Crippen molar-refractivity contribution < 1.29 is 0 Å². The average molecular weight is 224 g/mol. The van der Waals surface area contributed by atoms with Gasteiger partial charge in [0.05, 0.1) is 6.04 Å². The second-order valence-corrected chi connectivity index (χ2v) is 3.64. The van der Waals surface area contributed by atoms with Crippen LogP contribution in [-0.2, 0) is 0 Å². The van der Waals surface area contributed by atoms with E-state index in [1.807, 2.05) is 25.1 Å². The molecule has 1 aromatic carbocycles. The normalized spacial score (nSPS) is 12.7. The maximum absolute atomic E-state index is 11.3. The maximum atomic E-state index is 11.3. The summed E-state index contributed by atoms with van der Waals surface area (Å²) in [6.07, 6.45) is 1.37. The molecule has 4 nitrogen and oxygen atoms in total. The van der Waals surface area contributed by atoms with Crippen molar-refractivity contribution in [2.75, 3.05) is 0 Å². The van der Waals surface area contributed by atoms with Crippen LogP contribution in [0.5, 0.6) is 0 Å². The van der Waals surface area contributed by atoms with Crippen molar-refractivity contribution in [3.05, 3.63) is 51.7 Å². The van der Waals surface area contributed by atoms with Crippen LogP contribution in [-0.4, -0.2) is 14.8 Å². The molecule has 15 heavy (non-hydrogen) atoms. The van der Waals surface area contributed by atoms with E-state index in [2.05, 4.69) is 10.1 Å². The van der Waals surface area contributed by atoms with Crippen molar-refractivity contribution >= 4 is 11.6 Å². The quantitative estimate of drug-likeness (QED) is 0.845. The van der Waals surface area contributed by atoms with Crippen LogP contribution < -0.4 is 5.69 Å². The topological polar surface area (TPSA) is 50.7 Å². The van der Waals surface area contributed by atoms with Crippen LogP contribution in [0.3, 0.4) is 0 Å². The van der Waals surface area contributed by atoms with Gasteiger partial charge in [0.15, 0.2) is 0 Å². The molecule has 1 heterocycles. The molecule has 0 spiro atoms. The molecule has 0 amide bonds. The van der Waals surface area contributed by atoms with Gasteiger partial charge in [-0.1, -0.05) is 29.8 Å². The number of hydrogen-bond acceptors (Lipinski definition) is 2. The predicted octanol–water partition coefficient (Wildman–Crippen LogP) is 1.83. The number of hydrogen-bond donors (Lipinski definition) is 1. The standard InChI is InChI=1S/C10H10ClN3O/c1-7(14-10(15)12-6-13-14)8-4-2-3-5-9(8)11/h2-7H,1H3,(H,12,13,15). The van der Waals surface area contributed by atoms with Crippen LogP contribution in [0.1, 0.15) is 18.5 Å². The monoisotopic (exact) mass is 223 g/mol. The Morgan fingerprint density at radius 2 is 2.20 bits per heavy atom. The third-order valence-electron chi connectivity index (χ3n) is 2.30. The highest BCUT2D eigenvalue weighted by atomic mass is 35.5. The average Bonchev–Trinajstić information content (AvgIpc) is 2.64. The van der Waals surface area contributed by atoms with Crippen molar-refractivity contribution in [3.8, 4) is 0 Å². The van der Waals surface area contributed by atoms with Crippen molar-refractivity contribution in [2.24, 2.45) is 0 Å². The van der Waals surface area contributed by atoms with E-state index in [9.17, 15) is 4.79 Å². The summed E-state index contributed by atoms with van der Waals surface area (Å²) in [5.74, 6) is 0. The summed E-state index contributed by atoms with van der Waals surface area (Å²) in [6, 6.07) is 7.25. The highest BCUT2D eigenvalue weighted by Crippen LogP contribution is 2.23. The molecule has 0 aliphatic heterocycles. The van der Waals surface area contributed by atoms with Crippen molar-refractivity contribution in [1.29, 1.82) is 0 Å². The molecule has 2 rings (SSSR count). The first-order chi connectivity index (χ1) is 7.20. The molecule has 0 bridgehead atoms. The Labute approximate surface area is 91.5 Å². The van der Waals surface area contributed by atoms with E-state index in [0.717, 1.165) is 5.56 Å². The number of nitrogens with one attached hydrogen (secondary N) is 1. The van der Waals surface area contributed by atoms with Gasteiger partial charge in [-0.3, -0.25) is 4.98 Å². The van der Waals surface area contributed by atoms with E-state index in [0.29, 0.717) is 5.02 Å². The van der Waals surface area contributed by atoms with Gasteiger partial charge < -0.3 is 0 Å². The molecule has 0 fully saturated rings. The van der Waals surface area contributed by atoms with Gasteiger partial charge in [-0.05, 0) is 18.6 Å². The van der Waals surface area contributed by atoms with Crippen LogP contribution >= 0.6 is 11.6 Å². The first-order valence-corrected chi connectivity index (χ1v) is 4.94. The first kappa shape index (κ1) is 9.98. The first-order valence-electron chi connectivity index (χ1n) is 4.57. The van der Waals surface area contributed by atoms with Crippen LogP contribution in [0, 0.1) is 0 Å². The van der Waals surface area contributed by atoms with Crippen LogP contribution in [0.2, 0.25) is 5.02 Å². The van der Waals surface area contributed by atoms with Crippen molar-refractivity contribution in [1.82, 2.24) is 14.8 Å². The maximum Gasteiger partial charge on any atom is 0.343 e. The highest BCUT2D eigenvalue weighted by Gasteiger charge is 2.13. The minimum Gasteiger partial charge on any atom is -0.295 e. The fraction of sp³-hybridized carbons (Fsp3) is 0.200. The number of halogens is 1. The van der Waals surface area contributed by atoms with Crippen LogP contribution in [0.25, 0.3) is 0 Å². The van der Waals surface area contributed by atoms with Crippen molar-refractivity contribution in [2.45, 2.75) is 13.0 Å². The molecule has 2 aromatic rings. The third kappa shape index (κ3) is 1.80. The molecule has 5 heteroatoms. The summed E-state index contributed by atoms with van der Waals surface area (Å²) in [6.45, 7) is 1.88. The third-order valence-corrected chi connectivity index (χ3v) is 2.64. The fourth-order valence-corrected chi connectivity index (χ4v) is 1.78. The summed E-state index contributed by atoms with van der Waals surface area (Å²) in [5, 5.41) is 4.56. The predicted molar refractivity (Wildman–Crippen MR) is 58.1 cm³/mol. The molecule has 78 valence electrons. The summed E-state index contributed by atoms with van der Waals surface area (Å²) >= 11 is 6.04. The minimum atomic E-state index is -0.234. The van der Waals surface area contributed by atoms with Gasteiger partial charge >= 0.3 is 5.69 Å². The van der Waals surface area contributed by atoms with Gasteiger partial charge in [0.1, 0.15) is 6.33 Å². The smallest absolute Gasteiger partial charge is 0.295 e. The van der Waals surface area contributed by atoms with Gasteiger partial charge in [-0.15, -0.1) is 0 Å². The number of rotatable bonds is 2. The molecule has 1 N–H and O–H groups in total. The molecular weight excluding hydrogens is 214 g/mol. The van der Waals surface area contributed by atoms with Gasteiger partial charge in [0.25, 0.3) is 0 Å². The Balaban J connectivity index is 2.45. The highest BCUT2D eigenvalue weighted by molar-refractivity contribution is 6.31. The van der Waals surface area contributed by atoms with Gasteiger partial charge in [0.2, 0.25) is 0 Å². The zero-order valence-corrected chi connectivity index (χ0v) is 8.90. The summed E-state index contributed by atoms with van der Waals surface area (Å²) in [4.78, 5) is 13.8. The molecule has 1 atom stereocenters. The lowest BCUT2D eigenvalue weighted by Gasteiger charge is -2.12. The molecule has 0 aliphatic carbocycles. The van der Waals surface area contributed by atoms with Gasteiger partial charge in [-0.2, -0.15) is 5.10 Å². The molecule has 0 saturated heterocycles. The zero-order valence-electron chi connectivity index (χ0n) is 8.14. The molecule has 1 aromatic heterocycles. The number of H-pyrrole nitrogens is 1. The van der Waals surface area contributed by atoms with E-state index in [1.165, 1.54) is 11.0 Å². The molecule has 0 aliphatic rings. The second kappa shape index (κ2) is 3.90.